The zero-order valence-corrected chi connectivity index (χ0v) is 33.7. The molecule has 1 heterocycles. The predicted octanol–water partition coefficient (Wildman–Crippen LogP) is 15.2. The average Bonchev–Trinajstić information content (AvgIpc) is 3.58. The number of hydrogen-bond acceptors (Lipinski definition) is 1. The standard InChI is InChI=1S/C60H41N/c1-3-16-40(17-4-1)47-38-58(42-18-5-2-6-19-42)61-59(39-47)43-32-30-41(31-33-43)44-20-15-21-45(36-44)46-34-35-53-52-26-11-14-29-56(52)60(57(53)37-46)54-27-12-9-24-50(54)48-22-7-8-23-49(48)51-25-10-13-28-55(51)60/h1-19,21-39,44H,20H2. The van der Waals surface area contributed by atoms with Crippen LogP contribution in [-0.4, -0.2) is 4.98 Å². The molecule has 0 aliphatic heterocycles. The zero-order valence-electron chi connectivity index (χ0n) is 33.7. The van der Waals surface area contributed by atoms with Crippen molar-refractivity contribution in [3.8, 4) is 67.0 Å². The molecule has 1 nitrogen and oxygen atoms in total. The van der Waals surface area contributed by atoms with E-state index in [9.17, 15) is 0 Å². The van der Waals surface area contributed by atoms with Crippen molar-refractivity contribution in [2.45, 2.75) is 17.8 Å². The molecule has 0 radical (unpaired) electrons. The Morgan fingerprint density at radius 1 is 0.361 bits per heavy atom. The lowest BCUT2D eigenvalue weighted by Crippen LogP contribution is -2.29. The highest BCUT2D eigenvalue weighted by molar-refractivity contribution is 5.98. The third kappa shape index (κ3) is 5.65. The lowest BCUT2D eigenvalue weighted by molar-refractivity contribution is 0.775. The maximum Gasteiger partial charge on any atom is 0.0725 e. The fourth-order valence-electron chi connectivity index (χ4n) is 10.5. The molecule has 1 aromatic heterocycles. The van der Waals surface area contributed by atoms with Gasteiger partial charge in [0.25, 0.3) is 0 Å². The fourth-order valence-corrected chi connectivity index (χ4v) is 10.5. The number of nitrogens with zero attached hydrogens (tertiary/aromatic N) is 1. The minimum atomic E-state index is -0.492. The molecule has 0 saturated carbocycles. The summed E-state index contributed by atoms with van der Waals surface area (Å²) in [6.45, 7) is 0. The van der Waals surface area contributed by atoms with Crippen LogP contribution in [0.2, 0.25) is 0 Å². The van der Waals surface area contributed by atoms with Gasteiger partial charge in [-0.25, -0.2) is 4.98 Å². The number of rotatable bonds is 5. The number of allylic oxidation sites excluding steroid dienone is 4. The summed E-state index contributed by atoms with van der Waals surface area (Å²) < 4.78 is 0. The zero-order chi connectivity index (χ0) is 40.3. The highest BCUT2D eigenvalue weighted by Gasteiger charge is 2.49. The third-order valence-corrected chi connectivity index (χ3v) is 13.3. The number of aromatic nitrogens is 1. The van der Waals surface area contributed by atoms with Crippen molar-refractivity contribution in [1.82, 2.24) is 4.98 Å². The molecular weight excluding hydrogens is 735 g/mol. The Bertz CT molecular complexity index is 3080. The van der Waals surface area contributed by atoms with Crippen LogP contribution in [0.1, 0.15) is 45.7 Å². The lowest BCUT2D eigenvalue weighted by atomic mass is 9.65. The Kier molecular flexibility index (Phi) is 8.28. The van der Waals surface area contributed by atoms with Gasteiger partial charge in [0, 0.05) is 17.0 Å². The van der Waals surface area contributed by atoms with E-state index in [1.807, 2.05) is 0 Å². The first-order valence-corrected chi connectivity index (χ1v) is 21.4. The van der Waals surface area contributed by atoms with Crippen LogP contribution >= 0.6 is 0 Å². The summed E-state index contributed by atoms with van der Waals surface area (Å²) in [6.07, 6.45) is 8.13. The van der Waals surface area contributed by atoms with Gasteiger partial charge in [-0.3, -0.25) is 0 Å². The van der Waals surface area contributed by atoms with Crippen LogP contribution in [0.25, 0.3) is 72.6 Å². The second-order valence-corrected chi connectivity index (χ2v) is 16.5. The van der Waals surface area contributed by atoms with Gasteiger partial charge in [0.15, 0.2) is 0 Å². The van der Waals surface area contributed by atoms with Crippen molar-refractivity contribution in [3.05, 3.63) is 264 Å². The van der Waals surface area contributed by atoms with E-state index in [0.29, 0.717) is 0 Å². The SMILES string of the molecule is C1=CC(c2ccc3c(c2)C2(c4ccccc4-c4ccccc4-c4ccccc42)c2ccccc2-3)=CC(c2ccc(-c3cc(-c4ccccc4)cc(-c4ccccc4)n3)cc2)C1. The van der Waals surface area contributed by atoms with Crippen molar-refractivity contribution < 1.29 is 0 Å². The Hall–Kier alpha value is -7.61. The first kappa shape index (κ1) is 35.3. The second-order valence-electron chi connectivity index (χ2n) is 16.5. The molecule has 0 N–H and O–H groups in total. The van der Waals surface area contributed by atoms with E-state index in [-0.39, 0.29) is 5.92 Å². The minimum absolute atomic E-state index is 0.255. The number of pyridine rings is 1. The minimum Gasteiger partial charge on any atom is -0.248 e. The molecule has 1 atom stereocenters. The molecular formula is C60H41N. The van der Waals surface area contributed by atoms with E-state index < -0.39 is 5.41 Å². The number of hydrogen-bond donors (Lipinski definition) is 0. The van der Waals surface area contributed by atoms with Gasteiger partial charge >= 0.3 is 0 Å². The van der Waals surface area contributed by atoms with Crippen molar-refractivity contribution in [1.29, 1.82) is 0 Å². The molecule has 1 spiro atoms. The first-order chi connectivity index (χ1) is 30.2. The topological polar surface area (TPSA) is 12.9 Å². The van der Waals surface area contributed by atoms with Gasteiger partial charge in [-0.2, -0.15) is 0 Å². The van der Waals surface area contributed by atoms with Gasteiger partial charge < -0.3 is 0 Å². The van der Waals surface area contributed by atoms with E-state index >= 15 is 0 Å². The fraction of sp³-hybridized carbons (Fsp3) is 0.0500. The molecule has 0 saturated heterocycles. The largest absolute Gasteiger partial charge is 0.248 e. The highest BCUT2D eigenvalue weighted by Crippen LogP contribution is 2.61. The van der Waals surface area contributed by atoms with Crippen LogP contribution in [0.3, 0.4) is 0 Å². The van der Waals surface area contributed by atoms with Crippen molar-refractivity contribution >= 4 is 5.57 Å². The Balaban J connectivity index is 0.954. The van der Waals surface area contributed by atoms with E-state index in [1.54, 1.807) is 0 Å². The van der Waals surface area contributed by atoms with E-state index in [0.717, 1.165) is 34.5 Å². The van der Waals surface area contributed by atoms with Crippen molar-refractivity contribution in [2.75, 3.05) is 0 Å². The van der Waals surface area contributed by atoms with Gasteiger partial charge in [0.1, 0.15) is 0 Å². The Morgan fingerprint density at radius 2 is 0.820 bits per heavy atom. The Morgan fingerprint density at radius 3 is 1.41 bits per heavy atom. The van der Waals surface area contributed by atoms with Crippen LogP contribution in [0.4, 0.5) is 0 Å². The summed E-state index contributed by atoms with van der Waals surface area (Å²) in [7, 11) is 0. The van der Waals surface area contributed by atoms with E-state index in [2.05, 4.69) is 231 Å². The molecule has 12 rings (SSSR count). The Labute approximate surface area is 357 Å². The average molecular weight is 776 g/mol. The molecule has 0 amide bonds. The number of fused-ring (bicyclic) bond motifs is 12. The summed E-state index contributed by atoms with van der Waals surface area (Å²) in [6, 6.07) is 78.2. The summed E-state index contributed by atoms with van der Waals surface area (Å²) in [5.41, 5.74) is 23.0. The molecule has 3 aliphatic rings. The second kappa shape index (κ2) is 14.3. The summed E-state index contributed by atoms with van der Waals surface area (Å²) >= 11 is 0. The quantitative estimate of drug-likeness (QED) is 0.170. The molecule has 1 heteroatoms. The monoisotopic (exact) mass is 775 g/mol. The first-order valence-electron chi connectivity index (χ1n) is 21.4. The van der Waals surface area contributed by atoms with Crippen molar-refractivity contribution in [3.63, 3.8) is 0 Å². The van der Waals surface area contributed by atoms with Crippen LogP contribution in [0.5, 0.6) is 0 Å². The van der Waals surface area contributed by atoms with Crippen LogP contribution < -0.4 is 0 Å². The van der Waals surface area contributed by atoms with E-state index in [1.165, 1.54) is 77.9 Å². The molecule has 9 aromatic rings. The molecule has 1 unspecified atom stereocenters. The normalized spacial score (nSPS) is 15.1. The maximum atomic E-state index is 5.20. The van der Waals surface area contributed by atoms with Gasteiger partial charge in [0.05, 0.1) is 16.8 Å². The van der Waals surface area contributed by atoms with E-state index in [4.69, 9.17) is 4.98 Å². The molecule has 0 bridgehead atoms. The maximum absolute atomic E-state index is 5.20. The molecule has 61 heavy (non-hydrogen) atoms. The summed E-state index contributed by atoms with van der Waals surface area (Å²) in [5, 5.41) is 0. The third-order valence-electron chi connectivity index (χ3n) is 13.3. The molecule has 3 aliphatic carbocycles. The predicted molar refractivity (Wildman–Crippen MR) is 253 cm³/mol. The molecule has 8 aromatic carbocycles. The summed E-state index contributed by atoms with van der Waals surface area (Å²) in [4.78, 5) is 5.20. The van der Waals surface area contributed by atoms with Crippen LogP contribution in [-0.2, 0) is 5.41 Å². The van der Waals surface area contributed by atoms with Gasteiger partial charge in [0.2, 0.25) is 0 Å². The van der Waals surface area contributed by atoms with Gasteiger partial charge in [-0.1, -0.05) is 212 Å². The molecule has 286 valence electrons. The number of benzene rings is 8. The summed E-state index contributed by atoms with van der Waals surface area (Å²) in [5.74, 6) is 0.255. The van der Waals surface area contributed by atoms with Crippen LogP contribution in [0.15, 0.2) is 231 Å². The van der Waals surface area contributed by atoms with Gasteiger partial charge in [-0.15, -0.1) is 0 Å². The van der Waals surface area contributed by atoms with Gasteiger partial charge in [-0.05, 0) is 108 Å². The molecule has 0 fully saturated rings. The van der Waals surface area contributed by atoms with Crippen LogP contribution in [0, 0.1) is 0 Å². The van der Waals surface area contributed by atoms with Crippen molar-refractivity contribution in [2.24, 2.45) is 0 Å². The lowest BCUT2D eigenvalue weighted by Gasteiger charge is -2.35. The smallest absolute Gasteiger partial charge is 0.0725 e. The highest BCUT2D eigenvalue weighted by atomic mass is 14.7.